The first-order chi connectivity index (χ1) is 49.1. The number of aromatic nitrogens is 1. The third-order valence-electron chi connectivity index (χ3n) is 19.8. The number of hydrogen-bond donors (Lipinski definition) is 4. The second-order valence-electron chi connectivity index (χ2n) is 28.1. The molecule has 4 rings (SSSR count). The molecule has 598 valence electrons. The van der Waals surface area contributed by atoms with Crippen molar-refractivity contribution in [3.05, 3.63) is 97.9 Å². The van der Waals surface area contributed by atoms with Gasteiger partial charge < -0.3 is 26.0 Å². The predicted octanol–water partition coefficient (Wildman–Crippen LogP) is 21.8. The van der Waals surface area contributed by atoms with Crippen LogP contribution in [0.4, 0.5) is 15.9 Å². The number of anilines is 1. The zero-order valence-corrected chi connectivity index (χ0v) is 70.2. The number of pyridine rings is 1. The van der Waals surface area contributed by atoms with Crippen molar-refractivity contribution in [3.8, 4) is 6.07 Å². The van der Waals surface area contributed by atoms with Gasteiger partial charge in [0.25, 0.3) is 17.5 Å². The van der Waals surface area contributed by atoms with Crippen LogP contribution in [-0.4, -0.2) is 110 Å². The molecule has 3 amide bonds. The number of aliphatic hydroxyl groups is 2. The Hall–Kier alpha value is -5.91. The minimum absolute atomic E-state index is 0.0161. The van der Waals surface area contributed by atoms with Crippen LogP contribution in [0.2, 0.25) is 5.15 Å². The van der Waals surface area contributed by atoms with Crippen molar-refractivity contribution >= 4 is 52.6 Å². The van der Waals surface area contributed by atoms with Crippen LogP contribution >= 0.6 is 11.6 Å². The van der Waals surface area contributed by atoms with E-state index < -0.39 is 16.7 Å². The number of imide groups is 1. The first-order valence-electron chi connectivity index (χ1n) is 39.6. The van der Waals surface area contributed by atoms with E-state index in [0.29, 0.717) is 64.0 Å². The number of carbonyl (C=O) groups is 5. The predicted molar refractivity (Wildman–Crippen MR) is 429 cm³/mol. The average Bonchev–Trinajstić information content (AvgIpc) is 1.62. The first kappa shape index (κ1) is 104. The van der Waals surface area contributed by atoms with E-state index in [0.717, 1.165) is 128 Å². The lowest BCUT2D eigenvalue weighted by atomic mass is 9.94. The summed E-state index contributed by atoms with van der Waals surface area (Å²) in [5.41, 5.74) is 7.31. The maximum atomic E-state index is 13.9. The quantitative estimate of drug-likeness (QED) is 0.0137. The van der Waals surface area contributed by atoms with Gasteiger partial charge in [0.15, 0.2) is 11.6 Å². The molecule has 0 radical (unpaired) electrons. The molecule has 2 heterocycles. The van der Waals surface area contributed by atoms with Gasteiger partial charge in [0.1, 0.15) is 23.1 Å². The summed E-state index contributed by atoms with van der Waals surface area (Å²) in [6, 6.07) is 16.1. The average molecular weight is 1490 g/mol. The number of nitro benzene ring substituents is 1. The van der Waals surface area contributed by atoms with Crippen LogP contribution in [0.1, 0.15) is 337 Å². The molecule has 5 N–H and O–H groups in total. The highest BCUT2D eigenvalue weighted by Gasteiger charge is 2.41. The van der Waals surface area contributed by atoms with E-state index in [9.17, 15) is 48.7 Å². The smallest absolute Gasteiger partial charge is 0.338 e. The molecular weight excluding hydrogens is 1340 g/mol. The number of fused-ring (bicyclic) bond motifs is 1. The van der Waals surface area contributed by atoms with Crippen LogP contribution in [0, 0.1) is 74.6 Å². The zero-order chi connectivity index (χ0) is 80.8. The van der Waals surface area contributed by atoms with Crippen molar-refractivity contribution in [2.24, 2.45) is 53.1 Å². The maximum absolute atomic E-state index is 13.9. The normalized spacial score (nSPS) is 15.2. The minimum atomic E-state index is -0.537. The highest BCUT2D eigenvalue weighted by atomic mass is 35.5. The monoisotopic (exact) mass is 1480 g/mol. The number of carbonyl (C=O) groups excluding carboxylic acids is 5. The summed E-state index contributed by atoms with van der Waals surface area (Å²) in [6.45, 7) is 48.0. The van der Waals surface area contributed by atoms with Crippen LogP contribution in [0.3, 0.4) is 0 Å². The van der Waals surface area contributed by atoms with Crippen LogP contribution in [0.5, 0.6) is 0 Å². The number of halogens is 2. The Labute approximate surface area is 636 Å². The number of nitro groups is 1. The molecule has 0 saturated carbocycles. The largest absolute Gasteiger partial charge is 0.459 e. The highest BCUT2D eigenvalue weighted by Crippen LogP contribution is 2.31. The summed E-state index contributed by atoms with van der Waals surface area (Å²) in [5.74, 6) is 2.42. The molecule has 20 heteroatoms. The lowest BCUT2D eigenvalue weighted by Crippen LogP contribution is -2.43. The number of hydroxylamine groups is 2. The molecule has 0 aliphatic carbocycles. The third-order valence-corrected chi connectivity index (χ3v) is 20.1. The number of nitrogens with zero attached hydrogens (tertiary/aromatic N) is 5. The van der Waals surface area contributed by atoms with Gasteiger partial charge in [-0.2, -0.15) is 5.26 Å². The first-order valence-corrected chi connectivity index (χ1v) is 39.9. The SMILES string of the molecule is CCCC(=O)[C@@H](C)CC.CCCC(O)[C@@H](C)CC.CCCC(O)[C@@H](C)CC.CCCC(OC(=O)c1ccc([N+](=O)[O-])cc1)[C@@H](C)CC.CCC[C@@H](N)[C@@H](C)CC.CCC[C@@H](Nc1nc(Cl)c(C#N)cc1F)[C@@H](C)CC.CCC[C@H]([C@@H](C)CC)N1C(=O)c2ccccc2C1=O.CC[C@H](C)C(=O)N(C)OC. The molecule has 0 spiro atoms. The van der Waals surface area contributed by atoms with E-state index >= 15 is 0 Å². The molecule has 1 aliphatic heterocycles. The number of non-ortho nitro benzene ring substituents is 1. The Kier molecular flexibility index (Phi) is 62.4. The molecule has 3 unspecified atom stereocenters. The van der Waals surface area contributed by atoms with E-state index in [2.05, 4.69) is 142 Å². The van der Waals surface area contributed by atoms with Gasteiger partial charge >= 0.3 is 5.97 Å². The maximum Gasteiger partial charge on any atom is 0.338 e. The Morgan fingerprint density at radius 3 is 1.45 bits per heavy atom. The number of Topliss-reactive ketones (excluding diaryl/α,β-unsaturated/α-hetero) is 1. The Balaban J connectivity index is -0.000000565. The topological polar surface area (TPSA) is 269 Å². The third kappa shape index (κ3) is 41.8. The summed E-state index contributed by atoms with van der Waals surface area (Å²) in [5, 5.41) is 42.4. The zero-order valence-electron chi connectivity index (χ0n) is 69.5. The van der Waals surface area contributed by atoms with E-state index in [4.69, 9.17) is 32.2 Å². The van der Waals surface area contributed by atoms with E-state index in [1.807, 2.05) is 45.9 Å². The molecule has 0 bridgehead atoms. The van der Waals surface area contributed by atoms with Gasteiger partial charge in [0.2, 0.25) is 5.91 Å². The number of benzene rings is 2. The van der Waals surface area contributed by atoms with Crippen molar-refractivity contribution in [1.29, 1.82) is 5.26 Å². The number of nitrogens with one attached hydrogen (secondary N) is 1. The summed E-state index contributed by atoms with van der Waals surface area (Å²) in [6.07, 6.45) is 21.7. The second kappa shape index (κ2) is 62.2. The number of ketones is 1. The van der Waals surface area contributed by atoms with Crippen LogP contribution in [-0.2, 0) is 19.2 Å². The Morgan fingerprint density at radius 2 is 1.08 bits per heavy atom. The summed E-state index contributed by atoms with van der Waals surface area (Å²) in [4.78, 5) is 79.2. The number of aliphatic hydroxyl groups excluding tert-OH is 2. The summed E-state index contributed by atoms with van der Waals surface area (Å²) in [7, 11) is 3.11. The number of nitriles is 1. The molecule has 2 aromatic carbocycles. The minimum Gasteiger partial charge on any atom is -0.459 e. The fraction of sp³-hybridized carbons (Fsp3) is 0.726. The van der Waals surface area contributed by atoms with Crippen molar-refractivity contribution in [2.45, 2.75) is 337 Å². The van der Waals surface area contributed by atoms with Gasteiger partial charge in [-0.15, -0.1) is 0 Å². The van der Waals surface area contributed by atoms with E-state index in [1.54, 1.807) is 19.2 Å². The molecule has 104 heavy (non-hydrogen) atoms. The molecule has 0 fully saturated rings. The second-order valence-corrected chi connectivity index (χ2v) is 28.4. The van der Waals surface area contributed by atoms with E-state index in [1.165, 1.54) is 60.6 Å². The molecule has 1 aliphatic rings. The standard InChI is InChI=1S/C16H21NO2.C15H21NO4.C14H19ClFN3.C8H19N.2C8H18O.C8H16O.C7H15NO2/c1-4-8-14(11(3)5-2)17-15(18)12-9-6-7-10-13(12)16(17)19;1-4-6-14(11(3)5-2)20-15(17)12-7-9-13(10-8-12)16(18)19;1-4-6-12(9(3)5-2)18-14-11(16)7-10(8-17)13(15)19-14;4*1-4-6-8(9)7(3)5-2;1-5-6(2)7(9)8(3)10-4/h6-7,9-11,14H,4-5,8H2,1-3H3;7-11,14H,4-6H2,1-3H3;7,9,12H,4-6H2,1-3H3,(H,18,19);7-8H,4-6,9H2,1-3H3;2*7-9H,4-6H2,1-3H3;7H,4-6H2,1-3H3;6H,5H2,1-4H3/t11-,14+;11-,14?;9-,12+;7-,8+;2*7-,8?;7-;6-/m00000000/s1. The van der Waals surface area contributed by atoms with Crippen LogP contribution < -0.4 is 11.1 Å². The number of nitrogens with two attached hydrogens (primary N) is 1. The van der Waals surface area contributed by atoms with Crippen molar-refractivity contribution in [1.82, 2.24) is 14.9 Å². The number of hydrogen-bond acceptors (Lipinski definition) is 15. The van der Waals surface area contributed by atoms with Gasteiger partial charge in [0.05, 0.1) is 46.5 Å². The number of esters is 1. The van der Waals surface area contributed by atoms with Gasteiger partial charge in [-0.3, -0.25) is 39.0 Å². The lowest BCUT2D eigenvalue weighted by Gasteiger charge is -2.30. The van der Waals surface area contributed by atoms with Crippen molar-refractivity contribution in [3.63, 3.8) is 0 Å². The Morgan fingerprint density at radius 1 is 0.635 bits per heavy atom. The van der Waals surface area contributed by atoms with Crippen molar-refractivity contribution in [2.75, 3.05) is 19.5 Å². The lowest BCUT2D eigenvalue weighted by molar-refractivity contribution is -0.384. The molecule has 0 saturated heterocycles. The summed E-state index contributed by atoms with van der Waals surface area (Å²) >= 11 is 5.84. The van der Waals surface area contributed by atoms with Crippen LogP contribution in [0.25, 0.3) is 0 Å². The van der Waals surface area contributed by atoms with Gasteiger partial charge in [-0.1, -0.05) is 260 Å². The number of amides is 3. The Bertz CT molecular complexity index is 2720. The van der Waals surface area contributed by atoms with Gasteiger partial charge in [-0.05, 0) is 124 Å². The highest BCUT2D eigenvalue weighted by molar-refractivity contribution is 6.30. The fourth-order valence-electron chi connectivity index (χ4n) is 10.5. The van der Waals surface area contributed by atoms with Gasteiger partial charge in [0, 0.05) is 55.6 Å². The molecular formula is C84H147ClFN7O11. The van der Waals surface area contributed by atoms with Crippen LogP contribution in [0.15, 0.2) is 54.6 Å². The van der Waals surface area contributed by atoms with Crippen molar-refractivity contribution < 1.29 is 53.1 Å². The number of ether oxygens (including phenoxy) is 1. The fourth-order valence-corrected chi connectivity index (χ4v) is 10.7. The van der Waals surface area contributed by atoms with E-state index in [-0.39, 0.29) is 82.2 Å². The summed E-state index contributed by atoms with van der Waals surface area (Å²) < 4.78 is 19.4. The molecule has 3 aromatic rings. The number of rotatable bonds is 37. The molecule has 18 nitrogen and oxygen atoms in total. The molecule has 1 aromatic heterocycles. The molecule has 14 atom stereocenters. The van der Waals surface area contributed by atoms with Gasteiger partial charge in [-0.25, -0.2) is 19.2 Å².